The van der Waals surface area contributed by atoms with Gasteiger partial charge in [-0.2, -0.15) is 0 Å². The lowest BCUT2D eigenvalue weighted by atomic mass is 9.73. The first-order valence-corrected chi connectivity index (χ1v) is 7.24. The lowest BCUT2D eigenvalue weighted by Crippen LogP contribution is -2.54. The Morgan fingerprint density at radius 1 is 1.16 bits per heavy atom. The molecule has 1 N–H and O–H groups in total. The number of aliphatic hydroxyl groups excluding tert-OH is 1. The van der Waals surface area contributed by atoms with Gasteiger partial charge in [0.2, 0.25) is 0 Å². The van der Waals surface area contributed by atoms with E-state index in [1.54, 1.807) is 7.11 Å². The van der Waals surface area contributed by atoms with Gasteiger partial charge in [0.1, 0.15) is 0 Å². The second-order valence-electron chi connectivity index (χ2n) is 7.10. The summed E-state index contributed by atoms with van der Waals surface area (Å²) in [7, 11) is 1.70. The maximum absolute atomic E-state index is 10.9. The van der Waals surface area contributed by atoms with Gasteiger partial charge in [-0.05, 0) is 34.1 Å². The predicted octanol–water partition coefficient (Wildman–Crippen LogP) is 2.14. The van der Waals surface area contributed by atoms with Crippen LogP contribution in [-0.4, -0.2) is 48.3 Å². The zero-order chi connectivity index (χ0) is 14.3. The molecule has 0 radical (unpaired) electrons. The summed E-state index contributed by atoms with van der Waals surface area (Å²) in [6.45, 7) is 9.62. The van der Waals surface area contributed by atoms with Crippen LogP contribution in [0.15, 0.2) is 0 Å². The van der Waals surface area contributed by atoms with E-state index in [9.17, 15) is 5.11 Å². The van der Waals surface area contributed by atoms with Crippen LogP contribution >= 0.6 is 0 Å². The lowest BCUT2D eigenvalue weighted by molar-refractivity contribution is -0.182. The SMILES string of the molecule is COC1(C(O)C2CC(C)(C)OC2(C)C)CCOCC1. The molecule has 2 aliphatic rings. The first-order chi connectivity index (χ1) is 8.72. The molecule has 2 saturated heterocycles. The molecule has 0 aromatic heterocycles. The fourth-order valence-electron chi connectivity index (χ4n) is 3.80. The standard InChI is InChI=1S/C15H28O4/c1-13(2)10-11(14(3,4)19-13)12(16)15(17-5)6-8-18-9-7-15/h11-12,16H,6-10H2,1-5H3. The summed E-state index contributed by atoms with van der Waals surface area (Å²) in [6, 6.07) is 0. The van der Waals surface area contributed by atoms with Gasteiger partial charge in [-0.1, -0.05) is 0 Å². The summed E-state index contributed by atoms with van der Waals surface area (Å²) in [5, 5.41) is 10.9. The minimum absolute atomic E-state index is 0.0838. The lowest BCUT2D eigenvalue weighted by Gasteiger charge is -2.44. The van der Waals surface area contributed by atoms with Crippen molar-refractivity contribution in [2.24, 2.45) is 5.92 Å². The number of hydrogen-bond acceptors (Lipinski definition) is 4. The molecule has 0 spiro atoms. The largest absolute Gasteiger partial charge is 0.390 e. The van der Waals surface area contributed by atoms with Crippen LogP contribution in [0.3, 0.4) is 0 Å². The van der Waals surface area contributed by atoms with Crippen molar-refractivity contribution < 1.29 is 19.3 Å². The Morgan fingerprint density at radius 2 is 1.74 bits per heavy atom. The molecule has 112 valence electrons. The molecule has 2 unspecified atom stereocenters. The monoisotopic (exact) mass is 272 g/mol. The van der Waals surface area contributed by atoms with E-state index in [2.05, 4.69) is 27.7 Å². The molecule has 0 amide bonds. The predicted molar refractivity (Wildman–Crippen MR) is 73.1 cm³/mol. The third kappa shape index (κ3) is 2.82. The highest BCUT2D eigenvalue weighted by Gasteiger charge is 2.54. The van der Waals surface area contributed by atoms with Crippen molar-refractivity contribution in [2.45, 2.75) is 69.9 Å². The van der Waals surface area contributed by atoms with E-state index >= 15 is 0 Å². The van der Waals surface area contributed by atoms with Gasteiger partial charge < -0.3 is 19.3 Å². The van der Waals surface area contributed by atoms with Crippen molar-refractivity contribution in [3.8, 4) is 0 Å². The highest BCUT2D eigenvalue weighted by atomic mass is 16.5. The molecule has 2 aliphatic heterocycles. The zero-order valence-electron chi connectivity index (χ0n) is 12.9. The van der Waals surface area contributed by atoms with E-state index in [4.69, 9.17) is 14.2 Å². The molecule has 2 heterocycles. The van der Waals surface area contributed by atoms with E-state index < -0.39 is 11.7 Å². The molecular formula is C15H28O4. The first-order valence-electron chi connectivity index (χ1n) is 7.24. The quantitative estimate of drug-likeness (QED) is 0.855. The van der Waals surface area contributed by atoms with E-state index in [1.807, 2.05) is 0 Å². The second-order valence-corrected chi connectivity index (χ2v) is 7.10. The summed E-state index contributed by atoms with van der Waals surface area (Å²) in [4.78, 5) is 0. The summed E-state index contributed by atoms with van der Waals surface area (Å²) >= 11 is 0. The summed E-state index contributed by atoms with van der Waals surface area (Å²) in [5.74, 6) is 0.0838. The Kier molecular flexibility index (Phi) is 4.00. The van der Waals surface area contributed by atoms with Gasteiger partial charge in [0.05, 0.1) is 22.9 Å². The van der Waals surface area contributed by atoms with Gasteiger partial charge in [-0.3, -0.25) is 0 Å². The average Bonchev–Trinajstić information content (AvgIpc) is 2.57. The molecule has 2 fully saturated rings. The van der Waals surface area contributed by atoms with Crippen molar-refractivity contribution >= 4 is 0 Å². The maximum Gasteiger partial charge on any atom is 0.0983 e. The maximum atomic E-state index is 10.9. The number of hydrogen-bond donors (Lipinski definition) is 1. The number of methoxy groups -OCH3 is 1. The van der Waals surface area contributed by atoms with E-state index in [1.165, 1.54) is 0 Å². The smallest absolute Gasteiger partial charge is 0.0983 e. The molecule has 0 aromatic rings. The molecule has 0 aliphatic carbocycles. The van der Waals surface area contributed by atoms with Gasteiger partial charge in [0.15, 0.2) is 0 Å². The summed E-state index contributed by atoms with van der Waals surface area (Å²) in [5.41, 5.74) is -0.994. The van der Waals surface area contributed by atoms with Gasteiger partial charge in [-0.15, -0.1) is 0 Å². The molecule has 0 bridgehead atoms. The van der Waals surface area contributed by atoms with Crippen molar-refractivity contribution in [3.05, 3.63) is 0 Å². The topological polar surface area (TPSA) is 47.9 Å². The average molecular weight is 272 g/mol. The van der Waals surface area contributed by atoms with Crippen LogP contribution in [0.25, 0.3) is 0 Å². The van der Waals surface area contributed by atoms with Gasteiger partial charge in [0, 0.05) is 39.1 Å². The Balaban J connectivity index is 2.20. The molecule has 0 aromatic carbocycles. The molecule has 4 nitrogen and oxygen atoms in total. The van der Waals surface area contributed by atoms with E-state index in [0.717, 1.165) is 19.3 Å². The van der Waals surface area contributed by atoms with Gasteiger partial charge in [0.25, 0.3) is 0 Å². The Morgan fingerprint density at radius 3 is 2.16 bits per heavy atom. The minimum Gasteiger partial charge on any atom is -0.390 e. The van der Waals surface area contributed by atoms with Crippen molar-refractivity contribution in [1.29, 1.82) is 0 Å². The Bertz CT molecular complexity index is 318. The van der Waals surface area contributed by atoms with Crippen LogP contribution in [0.5, 0.6) is 0 Å². The Hall–Kier alpha value is -0.160. The Labute approximate surface area is 116 Å². The van der Waals surface area contributed by atoms with Crippen molar-refractivity contribution in [2.75, 3.05) is 20.3 Å². The highest BCUT2D eigenvalue weighted by Crippen LogP contribution is 2.47. The van der Waals surface area contributed by atoms with Crippen molar-refractivity contribution in [1.82, 2.24) is 0 Å². The van der Waals surface area contributed by atoms with Crippen LogP contribution in [0, 0.1) is 5.92 Å². The van der Waals surface area contributed by atoms with Gasteiger partial charge >= 0.3 is 0 Å². The van der Waals surface area contributed by atoms with Crippen LogP contribution in [-0.2, 0) is 14.2 Å². The van der Waals surface area contributed by atoms with Gasteiger partial charge in [-0.25, -0.2) is 0 Å². The molecule has 2 rings (SSSR count). The number of ether oxygens (including phenoxy) is 3. The van der Waals surface area contributed by atoms with E-state index in [-0.39, 0.29) is 17.1 Å². The highest BCUT2D eigenvalue weighted by molar-refractivity contribution is 5.04. The van der Waals surface area contributed by atoms with Crippen molar-refractivity contribution in [3.63, 3.8) is 0 Å². The molecule has 19 heavy (non-hydrogen) atoms. The summed E-state index contributed by atoms with van der Waals surface area (Å²) < 4.78 is 17.2. The molecule has 2 atom stereocenters. The van der Waals surface area contributed by atoms with Crippen LogP contribution in [0.4, 0.5) is 0 Å². The fraction of sp³-hybridized carbons (Fsp3) is 1.00. The fourth-order valence-corrected chi connectivity index (χ4v) is 3.80. The molecular weight excluding hydrogens is 244 g/mol. The van der Waals surface area contributed by atoms with Crippen LogP contribution < -0.4 is 0 Å². The number of aliphatic hydroxyl groups is 1. The third-order valence-electron chi connectivity index (χ3n) is 4.81. The van der Waals surface area contributed by atoms with Crippen LogP contribution in [0.2, 0.25) is 0 Å². The minimum atomic E-state index is -0.516. The summed E-state index contributed by atoms with van der Waals surface area (Å²) in [6.07, 6.45) is 1.83. The van der Waals surface area contributed by atoms with E-state index in [0.29, 0.717) is 13.2 Å². The zero-order valence-corrected chi connectivity index (χ0v) is 12.9. The first kappa shape index (κ1) is 15.2. The second kappa shape index (κ2) is 4.99. The van der Waals surface area contributed by atoms with Crippen LogP contribution in [0.1, 0.15) is 47.0 Å². The number of rotatable bonds is 3. The third-order valence-corrected chi connectivity index (χ3v) is 4.81. The molecule has 0 saturated carbocycles. The normalized spacial score (nSPS) is 34.1. The molecule has 4 heteroatoms.